The minimum Gasteiger partial charge on any atom is -0.381 e. The molecule has 1 aromatic carbocycles. The molecule has 1 spiro atoms. The number of guanidine groups is 1. The molecule has 1 atom stereocenters. The maximum atomic E-state index is 5.64. The summed E-state index contributed by atoms with van der Waals surface area (Å²) in [6.07, 6.45) is 7.20. The Morgan fingerprint density at radius 2 is 2.19 bits per heavy atom. The van der Waals surface area contributed by atoms with Crippen molar-refractivity contribution in [1.82, 2.24) is 19.8 Å². The molecule has 2 aliphatic heterocycles. The third kappa shape index (κ3) is 4.16. The zero-order valence-corrected chi connectivity index (χ0v) is 16.1. The molecule has 1 unspecified atom stereocenters. The van der Waals surface area contributed by atoms with Gasteiger partial charge in [0.1, 0.15) is 5.82 Å². The van der Waals surface area contributed by atoms with Gasteiger partial charge in [-0.15, -0.1) is 0 Å². The fourth-order valence-electron chi connectivity index (χ4n) is 4.20. The molecule has 0 aliphatic carbocycles. The molecule has 6 heteroatoms. The van der Waals surface area contributed by atoms with E-state index in [1.807, 2.05) is 19.3 Å². The maximum Gasteiger partial charge on any atom is 0.193 e. The summed E-state index contributed by atoms with van der Waals surface area (Å²) in [5, 5.41) is 3.53. The van der Waals surface area contributed by atoms with Gasteiger partial charge in [-0.2, -0.15) is 0 Å². The van der Waals surface area contributed by atoms with E-state index in [-0.39, 0.29) is 0 Å². The van der Waals surface area contributed by atoms with E-state index in [1.165, 1.54) is 18.4 Å². The number of benzene rings is 1. The van der Waals surface area contributed by atoms with E-state index in [0.717, 1.165) is 57.6 Å². The van der Waals surface area contributed by atoms with Crippen LogP contribution in [0.15, 0.2) is 47.7 Å². The number of nitrogens with zero attached hydrogens (tertiary/aromatic N) is 4. The van der Waals surface area contributed by atoms with E-state index in [1.54, 1.807) is 0 Å². The lowest BCUT2D eigenvalue weighted by molar-refractivity contribution is 0.156. The van der Waals surface area contributed by atoms with Gasteiger partial charge in [-0.3, -0.25) is 4.99 Å². The van der Waals surface area contributed by atoms with Gasteiger partial charge in [0.15, 0.2) is 5.96 Å². The van der Waals surface area contributed by atoms with Crippen LogP contribution >= 0.6 is 0 Å². The van der Waals surface area contributed by atoms with Crippen LogP contribution in [0.4, 0.5) is 0 Å². The summed E-state index contributed by atoms with van der Waals surface area (Å²) >= 11 is 0. The Morgan fingerprint density at radius 3 is 2.96 bits per heavy atom. The minimum atomic E-state index is 0.351. The Morgan fingerprint density at radius 1 is 1.30 bits per heavy atom. The van der Waals surface area contributed by atoms with Crippen molar-refractivity contribution in [2.75, 3.05) is 39.9 Å². The van der Waals surface area contributed by atoms with Crippen molar-refractivity contribution in [1.29, 1.82) is 0 Å². The average Bonchev–Trinajstić information content (AvgIpc) is 3.43. The zero-order chi connectivity index (χ0) is 18.5. The SMILES string of the molecule is CN=C(NCCc1nccn1Cc1ccccc1)N1CCC2(CCOC2)C1. The van der Waals surface area contributed by atoms with Crippen LogP contribution in [0.25, 0.3) is 0 Å². The number of hydrogen-bond acceptors (Lipinski definition) is 3. The number of imidazole rings is 1. The van der Waals surface area contributed by atoms with E-state index in [9.17, 15) is 0 Å². The van der Waals surface area contributed by atoms with Crippen LogP contribution in [0.5, 0.6) is 0 Å². The number of nitrogens with one attached hydrogen (secondary N) is 1. The van der Waals surface area contributed by atoms with Crippen molar-refractivity contribution in [3.8, 4) is 0 Å². The first-order valence-corrected chi connectivity index (χ1v) is 9.85. The Hall–Kier alpha value is -2.34. The normalized spacial score (nSPS) is 22.7. The second-order valence-corrected chi connectivity index (χ2v) is 7.66. The highest BCUT2D eigenvalue weighted by molar-refractivity contribution is 5.80. The molecule has 0 saturated carbocycles. The lowest BCUT2D eigenvalue weighted by Crippen LogP contribution is -2.42. The number of likely N-dealkylation sites (tertiary alicyclic amines) is 1. The first-order valence-electron chi connectivity index (χ1n) is 9.85. The fourth-order valence-corrected chi connectivity index (χ4v) is 4.20. The van der Waals surface area contributed by atoms with Gasteiger partial charge in [-0.1, -0.05) is 30.3 Å². The molecule has 4 rings (SSSR count). The lowest BCUT2D eigenvalue weighted by Gasteiger charge is -2.25. The number of rotatable bonds is 5. The number of ether oxygens (including phenoxy) is 1. The van der Waals surface area contributed by atoms with Gasteiger partial charge in [0.2, 0.25) is 0 Å². The van der Waals surface area contributed by atoms with E-state index >= 15 is 0 Å². The van der Waals surface area contributed by atoms with Gasteiger partial charge in [-0.05, 0) is 18.4 Å². The molecule has 2 fully saturated rings. The third-order valence-electron chi connectivity index (χ3n) is 5.76. The summed E-state index contributed by atoms with van der Waals surface area (Å²) in [6, 6.07) is 10.5. The smallest absolute Gasteiger partial charge is 0.193 e. The van der Waals surface area contributed by atoms with E-state index in [2.05, 4.69) is 55.2 Å². The van der Waals surface area contributed by atoms with Gasteiger partial charge in [0.25, 0.3) is 0 Å². The topological polar surface area (TPSA) is 54.7 Å². The number of aliphatic imine (C=N–C) groups is 1. The Balaban J connectivity index is 1.30. The molecule has 27 heavy (non-hydrogen) atoms. The summed E-state index contributed by atoms with van der Waals surface area (Å²) in [7, 11) is 1.87. The summed E-state index contributed by atoms with van der Waals surface area (Å²) in [4.78, 5) is 11.4. The Bertz CT molecular complexity index is 764. The first-order chi connectivity index (χ1) is 13.3. The Kier molecular flexibility index (Phi) is 5.43. The minimum absolute atomic E-state index is 0.351. The number of hydrogen-bond donors (Lipinski definition) is 1. The molecule has 2 aliphatic rings. The summed E-state index contributed by atoms with van der Waals surface area (Å²) in [5.74, 6) is 2.10. The summed E-state index contributed by atoms with van der Waals surface area (Å²) < 4.78 is 7.86. The highest BCUT2D eigenvalue weighted by Crippen LogP contribution is 2.38. The zero-order valence-electron chi connectivity index (χ0n) is 16.1. The quantitative estimate of drug-likeness (QED) is 0.650. The molecule has 0 radical (unpaired) electrons. The van der Waals surface area contributed by atoms with Gasteiger partial charge in [0, 0.05) is 64.1 Å². The molecule has 0 bridgehead atoms. The molecule has 144 valence electrons. The second kappa shape index (κ2) is 8.13. The molecule has 2 aromatic rings. The van der Waals surface area contributed by atoms with Crippen LogP contribution in [-0.4, -0.2) is 60.3 Å². The summed E-state index contributed by atoms with van der Waals surface area (Å²) in [5.41, 5.74) is 1.64. The fraction of sp³-hybridized carbons (Fsp3) is 0.524. The van der Waals surface area contributed by atoms with Crippen molar-refractivity contribution in [2.24, 2.45) is 10.4 Å². The van der Waals surface area contributed by atoms with E-state index in [4.69, 9.17) is 4.74 Å². The van der Waals surface area contributed by atoms with E-state index in [0.29, 0.717) is 5.41 Å². The molecule has 2 saturated heterocycles. The number of aromatic nitrogens is 2. The van der Waals surface area contributed by atoms with Crippen LogP contribution in [0.1, 0.15) is 24.2 Å². The van der Waals surface area contributed by atoms with Crippen molar-refractivity contribution < 1.29 is 4.74 Å². The molecular formula is C21H29N5O. The maximum absolute atomic E-state index is 5.64. The first kappa shape index (κ1) is 18.0. The molecule has 6 nitrogen and oxygen atoms in total. The van der Waals surface area contributed by atoms with Gasteiger partial charge in [-0.25, -0.2) is 4.98 Å². The average molecular weight is 367 g/mol. The standard InChI is InChI=1S/C21H29N5O/c1-22-20(26-12-8-21(16-26)9-14-27-17-21)24-10-7-19-23-11-13-25(19)15-18-5-3-2-4-6-18/h2-6,11,13H,7-10,12,14-17H2,1H3,(H,22,24). The molecule has 0 amide bonds. The van der Waals surface area contributed by atoms with Crippen molar-refractivity contribution >= 4 is 5.96 Å². The third-order valence-corrected chi connectivity index (χ3v) is 5.76. The van der Waals surface area contributed by atoms with Crippen LogP contribution in [-0.2, 0) is 17.7 Å². The van der Waals surface area contributed by atoms with Gasteiger partial charge < -0.3 is 19.5 Å². The van der Waals surface area contributed by atoms with Crippen molar-refractivity contribution in [3.63, 3.8) is 0 Å². The molecule has 1 aromatic heterocycles. The van der Waals surface area contributed by atoms with Crippen LogP contribution in [0.3, 0.4) is 0 Å². The highest BCUT2D eigenvalue weighted by Gasteiger charge is 2.42. The second-order valence-electron chi connectivity index (χ2n) is 7.66. The van der Waals surface area contributed by atoms with Crippen molar-refractivity contribution in [3.05, 3.63) is 54.1 Å². The molecule has 3 heterocycles. The van der Waals surface area contributed by atoms with Gasteiger partial charge >= 0.3 is 0 Å². The van der Waals surface area contributed by atoms with Crippen molar-refractivity contribution in [2.45, 2.75) is 25.8 Å². The summed E-state index contributed by atoms with van der Waals surface area (Å²) in [6.45, 7) is 5.61. The van der Waals surface area contributed by atoms with Crippen LogP contribution in [0.2, 0.25) is 0 Å². The predicted octanol–water partition coefficient (Wildman–Crippen LogP) is 2.16. The monoisotopic (exact) mass is 367 g/mol. The van der Waals surface area contributed by atoms with Crippen LogP contribution < -0.4 is 5.32 Å². The largest absolute Gasteiger partial charge is 0.381 e. The Labute approximate surface area is 161 Å². The van der Waals surface area contributed by atoms with E-state index < -0.39 is 0 Å². The van der Waals surface area contributed by atoms with Crippen LogP contribution in [0, 0.1) is 5.41 Å². The predicted molar refractivity (Wildman–Crippen MR) is 107 cm³/mol. The van der Waals surface area contributed by atoms with Gasteiger partial charge in [0.05, 0.1) is 6.61 Å². The lowest BCUT2D eigenvalue weighted by atomic mass is 9.87. The molecular weight excluding hydrogens is 338 g/mol. The highest BCUT2D eigenvalue weighted by atomic mass is 16.5. The molecule has 1 N–H and O–H groups in total.